The van der Waals surface area contributed by atoms with Crippen LogP contribution in [0.25, 0.3) is 0 Å². The molecule has 6 heteroatoms. The van der Waals surface area contributed by atoms with Crippen LogP contribution in [0.1, 0.15) is 68.7 Å². The number of ether oxygens (including phenoxy) is 2. The summed E-state index contributed by atoms with van der Waals surface area (Å²) in [6, 6.07) is 0. The summed E-state index contributed by atoms with van der Waals surface area (Å²) in [5, 5.41) is 0. The molecule has 0 aliphatic rings. The third-order valence-corrected chi connectivity index (χ3v) is 3.33. The second kappa shape index (κ2) is 7.45. The molecule has 0 N–H and O–H groups in total. The lowest BCUT2D eigenvalue weighted by Crippen LogP contribution is -2.37. The van der Waals surface area contributed by atoms with Gasteiger partial charge in [0.05, 0.1) is 23.2 Å². The van der Waals surface area contributed by atoms with Gasteiger partial charge in [-0.3, -0.25) is 19.2 Å². The van der Waals surface area contributed by atoms with E-state index in [9.17, 15) is 19.2 Å². The number of carbonyl (C=O) groups is 4. The average molecular weight is 342 g/mol. The van der Waals surface area contributed by atoms with Crippen LogP contribution < -0.4 is 0 Å². The van der Waals surface area contributed by atoms with Gasteiger partial charge in [0.25, 0.3) is 0 Å². The quantitative estimate of drug-likeness (QED) is 0.578. The van der Waals surface area contributed by atoms with E-state index in [-0.39, 0.29) is 6.42 Å². The van der Waals surface area contributed by atoms with Crippen molar-refractivity contribution in [3.05, 3.63) is 0 Å². The largest absolute Gasteiger partial charge is 0.393 e. The minimum Gasteiger partial charge on any atom is -0.393 e. The smallest absolute Gasteiger partial charge is 0.318 e. The Labute approximate surface area is 144 Å². The van der Waals surface area contributed by atoms with Crippen molar-refractivity contribution in [1.29, 1.82) is 0 Å². The molecule has 0 rings (SSSR count). The van der Waals surface area contributed by atoms with Gasteiger partial charge in [-0.25, -0.2) is 0 Å². The normalized spacial score (nSPS) is 13.9. The van der Waals surface area contributed by atoms with Gasteiger partial charge >= 0.3 is 23.9 Å². The first-order valence-corrected chi connectivity index (χ1v) is 7.97. The van der Waals surface area contributed by atoms with Gasteiger partial charge in [0, 0.05) is 0 Å². The molecule has 0 bridgehead atoms. The van der Waals surface area contributed by atoms with Crippen molar-refractivity contribution in [3.63, 3.8) is 0 Å². The molecule has 24 heavy (non-hydrogen) atoms. The first kappa shape index (κ1) is 22.3. The second-order valence-corrected chi connectivity index (χ2v) is 9.09. The van der Waals surface area contributed by atoms with Gasteiger partial charge in [0.15, 0.2) is 0 Å². The molecule has 0 heterocycles. The van der Waals surface area contributed by atoms with Gasteiger partial charge in [0.1, 0.15) is 0 Å². The first-order chi connectivity index (χ1) is 10.5. The molecule has 0 saturated heterocycles. The van der Waals surface area contributed by atoms with E-state index in [1.54, 1.807) is 62.3 Å². The van der Waals surface area contributed by atoms with Gasteiger partial charge in [0.2, 0.25) is 0 Å². The maximum Gasteiger partial charge on any atom is 0.318 e. The summed E-state index contributed by atoms with van der Waals surface area (Å²) in [5.41, 5.74) is -2.30. The maximum absolute atomic E-state index is 12.3. The van der Waals surface area contributed by atoms with Crippen LogP contribution in [0, 0.1) is 22.2 Å². The van der Waals surface area contributed by atoms with Gasteiger partial charge < -0.3 is 9.47 Å². The van der Waals surface area contributed by atoms with Crippen molar-refractivity contribution < 1.29 is 28.7 Å². The van der Waals surface area contributed by atoms with E-state index >= 15 is 0 Å². The molecule has 0 aliphatic heterocycles. The highest BCUT2D eigenvalue weighted by Crippen LogP contribution is 2.31. The van der Waals surface area contributed by atoms with Crippen LogP contribution in [0.4, 0.5) is 0 Å². The molecule has 0 aromatic heterocycles. The lowest BCUT2D eigenvalue weighted by molar-refractivity contribution is -0.175. The third kappa shape index (κ3) is 7.23. The summed E-state index contributed by atoms with van der Waals surface area (Å²) in [6.45, 7) is 15.0. The van der Waals surface area contributed by atoms with Crippen molar-refractivity contribution in [3.8, 4) is 0 Å². The number of hydrogen-bond acceptors (Lipinski definition) is 6. The van der Waals surface area contributed by atoms with Crippen molar-refractivity contribution in [2.75, 3.05) is 0 Å². The number of esters is 4. The van der Waals surface area contributed by atoms with Crippen LogP contribution in [0.5, 0.6) is 0 Å². The van der Waals surface area contributed by atoms with Crippen molar-refractivity contribution in [1.82, 2.24) is 0 Å². The minimum atomic E-state index is -0.899. The molecule has 0 saturated carbocycles. The minimum absolute atomic E-state index is 0.332. The summed E-state index contributed by atoms with van der Waals surface area (Å²) in [7, 11) is 0. The second-order valence-electron chi connectivity index (χ2n) is 9.09. The Hall–Kier alpha value is -1.72. The Balaban J connectivity index is 5.11. The van der Waals surface area contributed by atoms with E-state index in [0.29, 0.717) is 0 Å². The molecule has 138 valence electrons. The summed E-state index contributed by atoms with van der Waals surface area (Å²) in [5.74, 6) is -3.83. The van der Waals surface area contributed by atoms with Crippen LogP contribution in [-0.2, 0) is 28.7 Å². The zero-order chi connectivity index (χ0) is 19.5. The molecule has 0 spiro atoms. The lowest BCUT2D eigenvalue weighted by Gasteiger charge is -2.28. The van der Waals surface area contributed by atoms with E-state index in [0.717, 1.165) is 0 Å². The van der Waals surface area contributed by atoms with Crippen LogP contribution >= 0.6 is 0 Å². The molecule has 1 unspecified atom stereocenters. The van der Waals surface area contributed by atoms with E-state index in [2.05, 4.69) is 0 Å². The topological polar surface area (TPSA) is 86.7 Å². The lowest BCUT2D eigenvalue weighted by atomic mass is 9.78. The van der Waals surface area contributed by atoms with Crippen LogP contribution in [0.3, 0.4) is 0 Å². The Morgan fingerprint density at radius 2 is 1.08 bits per heavy atom. The fourth-order valence-corrected chi connectivity index (χ4v) is 1.52. The summed E-state index contributed by atoms with van der Waals surface area (Å²) >= 11 is 0. The van der Waals surface area contributed by atoms with Crippen molar-refractivity contribution >= 4 is 23.9 Å². The zero-order valence-corrected chi connectivity index (χ0v) is 16.2. The average Bonchev–Trinajstić information content (AvgIpc) is 2.31. The molecule has 0 aromatic rings. The van der Waals surface area contributed by atoms with Gasteiger partial charge in [-0.15, -0.1) is 0 Å². The highest BCUT2D eigenvalue weighted by atomic mass is 16.6. The van der Waals surface area contributed by atoms with E-state index in [1.807, 2.05) is 0 Å². The van der Waals surface area contributed by atoms with E-state index in [1.165, 1.54) is 0 Å². The highest BCUT2D eigenvalue weighted by Gasteiger charge is 2.39. The SMILES string of the molecule is CC(C)(C)C(=O)OC(=O)CC(C(=O)OC(=O)C(C)(C)C)C(C)(C)C. The Bertz CT molecular complexity index is 511. The summed E-state index contributed by atoms with van der Waals surface area (Å²) in [6.07, 6.45) is -0.332. The van der Waals surface area contributed by atoms with Crippen LogP contribution in [0.15, 0.2) is 0 Å². The van der Waals surface area contributed by atoms with E-state index in [4.69, 9.17) is 9.47 Å². The predicted octanol–water partition coefficient (Wildman–Crippen LogP) is 3.27. The maximum atomic E-state index is 12.3. The predicted molar refractivity (Wildman–Crippen MR) is 88.7 cm³/mol. The first-order valence-electron chi connectivity index (χ1n) is 7.97. The zero-order valence-electron chi connectivity index (χ0n) is 16.2. The molecule has 1 atom stereocenters. The molecule has 0 radical (unpaired) electrons. The summed E-state index contributed by atoms with van der Waals surface area (Å²) in [4.78, 5) is 48.0. The molecule has 0 amide bonds. The standard InChI is InChI=1S/C18H30O6/c1-16(2,3)11(13(20)24-15(22)18(7,8)9)10-12(19)23-14(21)17(4,5)6/h11H,10H2,1-9H3. The number of rotatable bonds is 3. The molecule has 6 nitrogen and oxygen atoms in total. The van der Waals surface area contributed by atoms with Crippen molar-refractivity contribution in [2.24, 2.45) is 22.2 Å². The van der Waals surface area contributed by atoms with Crippen molar-refractivity contribution in [2.45, 2.75) is 68.7 Å². The third-order valence-electron chi connectivity index (χ3n) is 3.33. The molecule has 0 aromatic carbocycles. The highest BCUT2D eigenvalue weighted by molar-refractivity contribution is 5.93. The number of carbonyl (C=O) groups excluding carboxylic acids is 4. The van der Waals surface area contributed by atoms with E-state index < -0.39 is 46.0 Å². The molecular formula is C18H30O6. The van der Waals surface area contributed by atoms with Gasteiger partial charge in [-0.2, -0.15) is 0 Å². The molecular weight excluding hydrogens is 312 g/mol. The fraction of sp³-hybridized carbons (Fsp3) is 0.778. The van der Waals surface area contributed by atoms with Crippen LogP contribution in [-0.4, -0.2) is 23.9 Å². The van der Waals surface area contributed by atoms with Gasteiger partial charge in [-0.1, -0.05) is 20.8 Å². The monoisotopic (exact) mass is 342 g/mol. The summed E-state index contributed by atoms with van der Waals surface area (Å²) < 4.78 is 9.70. The Morgan fingerprint density at radius 3 is 1.42 bits per heavy atom. The van der Waals surface area contributed by atoms with Crippen LogP contribution in [0.2, 0.25) is 0 Å². The Kier molecular flexibility index (Phi) is 6.91. The fourth-order valence-electron chi connectivity index (χ4n) is 1.52. The molecule has 0 aliphatic carbocycles. The number of hydrogen-bond donors (Lipinski definition) is 0. The van der Waals surface area contributed by atoms with Gasteiger partial charge in [-0.05, 0) is 47.0 Å². The Morgan fingerprint density at radius 1 is 0.708 bits per heavy atom. The molecule has 0 fully saturated rings.